The van der Waals surface area contributed by atoms with Crippen LogP contribution >= 0.6 is 15.9 Å². The van der Waals surface area contributed by atoms with Crippen molar-refractivity contribution in [1.82, 2.24) is 0 Å². The zero-order valence-electron chi connectivity index (χ0n) is 8.03. The standard InChI is InChI=1S/C10H9BrN2O2/c1-6(10(13)14)15-9-3-2-8(11)4-7(9)5-12/h2-4,6H,1H3,(H2,13,14). The van der Waals surface area contributed by atoms with Gasteiger partial charge in [-0.1, -0.05) is 15.9 Å². The van der Waals surface area contributed by atoms with Gasteiger partial charge in [0.05, 0.1) is 5.56 Å². The van der Waals surface area contributed by atoms with Crippen LogP contribution < -0.4 is 10.5 Å². The van der Waals surface area contributed by atoms with Gasteiger partial charge in [-0.3, -0.25) is 4.79 Å². The highest BCUT2D eigenvalue weighted by atomic mass is 79.9. The van der Waals surface area contributed by atoms with Gasteiger partial charge in [-0.25, -0.2) is 0 Å². The van der Waals surface area contributed by atoms with Crippen LogP contribution in [0.25, 0.3) is 0 Å². The van der Waals surface area contributed by atoms with Gasteiger partial charge in [0, 0.05) is 4.47 Å². The van der Waals surface area contributed by atoms with Crippen LogP contribution in [0.5, 0.6) is 5.75 Å². The predicted molar refractivity (Wildman–Crippen MR) is 58.1 cm³/mol. The molecule has 1 amide bonds. The maximum atomic E-state index is 10.8. The molecule has 0 aliphatic carbocycles. The third-order valence-electron chi connectivity index (χ3n) is 1.77. The number of ether oxygens (including phenoxy) is 1. The summed E-state index contributed by atoms with van der Waals surface area (Å²) in [5, 5.41) is 8.83. The summed E-state index contributed by atoms with van der Waals surface area (Å²) >= 11 is 3.23. The molecule has 15 heavy (non-hydrogen) atoms. The first-order valence-electron chi connectivity index (χ1n) is 4.20. The van der Waals surface area contributed by atoms with Crippen LogP contribution in [0, 0.1) is 11.3 Å². The topological polar surface area (TPSA) is 76.1 Å². The van der Waals surface area contributed by atoms with Gasteiger partial charge in [0.25, 0.3) is 5.91 Å². The number of carbonyl (C=O) groups is 1. The summed E-state index contributed by atoms with van der Waals surface area (Å²) in [7, 11) is 0. The van der Waals surface area contributed by atoms with Crippen molar-refractivity contribution in [1.29, 1.82) is 5.26 Å². The molecule has 0 spiro atoms. The predicted octanol–water partition coefficient (Wildman–Crippen LogP) is 1.57. The molecule has 2 N–H and O–H groups in total. The Morgan fingerprint density at radius 3 is 2.87 bits per heavy atom. The maximum absolute atomic E-state index is 10.8. The molecule has 0 aliphatic rings. The quantitative estimate of drug-likeness (QED) is 0.904. The van der Waals surface area contributed by atoms with Crippen LogP contribution in [0.4, 0.5) is 0 Å². The molecule has 1 unspecified atom stereocenters. The summed E-state index contributed by atoms with van der Waals surface area (Å²) in [4.78, 5) is 10.8. The van der Waals surface area contributed by atoms with E-state index in [4.69, 9.17) is 15.7 Å². The van der Waals surface area contributed by atoms with Crippen LogP contribution in [0.2, 0.25) is 0 Å². The smallest absolute Gasteiger partial charge is 0.258 e. The molecule has 0 radical (unpaired) electrons. The number of hydrogen-bond acceptors (Lipinski definition) is 3. The van der Waals surface area contributed by atoms with Gasteiger partial charge in [-0.15, -0.1) is 0 Å². The van der Waals surface area contributed by atoms with Crippen LogP contribution in [0.1, 0.15) is 12.5 Å². The third kappa shape index (κ3) is 2.96. The molecule has 0 saturated heterocycles. The molecular weight excluding hydrogens is 260 g/mol. The zero-order chi connectivity index (χ0) is 11.4. The number of primary amides is 1. The number of rotatable bonds is 3. The molecule has 0 fully saturated rings. The van der Waals surface area contributed by atoms with E-state index in [2.05, 4.69) is 15.9 Å². The Labute approximate surface area is 95.8 Å². The Morgan fingerprint density at radius 1 is 1.67 bits per heavy atom. The second-order valence-corrected chi connectivity index (χ2v) is 3.83. The summed E-state index contributed by atoms with van der Waals surface area (Å²) in [6, 6.07) is 6.93. The molecule has 0 heterocycles. The number of amides is 1. The zero-order valence-corrected chi connectivity index (χ0v) is 9.61. The van der Waals surface area contributed by atoms with Gasteiger partial charge in [0.2, 0.25) is 0 Å². The first-order valence-corrected chi connectivity index (χ1v) is 4.99. The minimum atomic E-state index is -0.752. The Kier molecular flexibility index (Phi) is 3.69. The monoisotopic (exact) mass is 268 g/mol. The fourth-order valence-corrected chi connectivity index (χ4v) is 1.30. The van der Waals surface area contributed by atoms with E-state index in [0.717, 1.165) is 4.47 Å². The third-order valence-corrected chi connectivity index (χ3v) is 2.26. The van der Waals surface area contributed by atoms with Crippen LogP contribution in [-0.2, 0) is 4.79 Å². The lowest BCUT2D eigenvalue weighted by Gasteiger charge is -2.12. The lowest BCUT2D eigenvalue weighted by Crippen LogP contribution is -2.30. The number of benzene rings is 1. The van der Waals surface area contributed by atoms with Crippen molar-refractivity contribution in [2.75, 3.05) is 0 Å². The van der Waals surface area contributed by atoms with Crippen molar-refractivity contribution in [2.45, 2.75) is 13.0 Å². The van der Waals surface area contributed by atoms with Gasteiger partial charge in [-0.2, -0.15) is 5.26 Å². The number of nitrogens with zero attached hydrogens (tertiary/aromatic N) is 1. The van der Waals surface area contributed by atoms with Crippen molar-refractivity contribution in [3.63, 3.8) is 0 Å². The summed E-state index contributed by atoms with van der Waals surface area (Å²) in [5.41, 5.74) is 5.41. The Hall–Kier alpha value is -1.54. The normalized spacial score (nSPS) is 11.5. The van der Waals surface area contributed by atoms with Crippen molar-refractivity contribution >= 4 is 21.8 Å². The number of nitriles is 1. The Bertz CT molecular complexity index is 426. The van der Waals surface area contributed by atoms with Gasteiger partial charge in [0.1, 0.15) is 11.8 Å². The lowest BCUT2D eigenvalue weighted by molar-refractivity contribution is -0.123. The summed E-state index contributed by atoms with van der Waals surface area (Å²) in [6.45, 7) is 1.53. The highest BCUT2D eigenvalue weighted by Crippen LogP contribution is 2.23. The minimum Gasteiger partial charge on any atom is -0.480 e. The molecule has 0 aliphatic heterocycles. The van der Waals surface area contributed by atoms with E-state index in [1.165, 1.54) is 6.92 Å². The van der Waals surface area contributed by atoms with Gasteiger partial charge in [0.15, 0.2) is 6.10 Å². The molecule has 1 atom stereocenters. The minimum absolute atomic E-state index is 0.354. The molecule has 1 aromatic rings. The van der Waals surface area contributed by atoms with Crippen LogP contribution in [0.3, 0.4) is 0 Å². The van der Waals surface area contributed by atoms with E-state index in [1.54, 1.807) is 18.2 Å². The van der Waals surface area contributed by atoms with Crippen LogP contribution in [-0.4, -0.2) is 12.0 Å². The van der Waals surface area contributed by atoms with E-state index in [9.17, 15) is 4.79 Å². The second-order valence-electron chi connectivity index (χ2n) is 2.91. The van der Waals surface area contributed by atoms with E-state index < -0.39 is 12.0 Å². The number of nitrogens with two attached hydrogens (primary N) is 1. The number of hydrogen-bond donors (Lipinski definition) is 1. The van der Waals surface area contributed by atoms with Crippen LogP contribution in [0.15, 0.2) is 22.7 Å². The van der Waals surface area contributed by atoms with E-state index >= 15 is 0 Å². The highest BCUT2D eigenvalue weighted by molar-refractivity contribution is 9.10. The summed E-state index contributed by atoms with van der Waals surface area (Å²) < 4.78 is 6.01. The molecule has 0 saturated carbocycles. The molecule has 5 heteroatoms. The molecular formula is C10H9BrN2O2. The fourth-order valence-electron chi connectivity index (χ4n) is 0.941. The van der Waals surface area contributed by atoms with Crippen molar-refractivity contribution in [2.24, 2.45) is 5.73 Å². The largest absolute Gasteiger partial charge is 0.480 e. The van der Waals surface area contributed by atoms with E-state index in [-0.39, 0.29) is 0 Å². The van der Waals surface area contributed by atoms with Crippen molar-refractivity contribution in [3.05, 3.63) is 28.2 Å². The van der Waals surface area contributed by atoms with Crippen molar-refractivity contribution < 1.29 is 9.53 Å². The van der Waals surface area contributed by atoms with E-state index in [0.29, 0.717) is 11.3 Å². The lowest BCUT2D eigenvalue weighted by atomic mass is 10.2. The van der Waals surface area contributed by atoms with Gasteiger partial charge in [-0.05, 0) is 25.1 Å². The fraction of sp³-hybridized carbons (Fsp3) is 0.200. The average molecular weight is 269 g/mol. The molecule has 4 nitrogen and oxygen atoms in total. The van der Waals surface area contributed by atoms with Crippen molar-refractivity contribution in [3.8, 4) is 11.8 Å². The molecule has 78 valence electrons. The van der Waals surface area contributed by atoms with E-state index in [1.807, 2.05) is 6.07 Å². The molecule has 0 bridgehead atoms. The summed E-state index contributed by atoms with van der Waals surface area (Å²) in [5.74, 6) is -0.214. The Morgan fingerprint density at radius 2 is 2.33 bits per heavy atom. The molecule has 1 aromatic carbocycles. The molecule has 1 rings (SSSR count). The summed E-state index contributed by atoms with van der Waals surface area (Å²) in [6.07, 6.45) is -0.752. The Balaban J connectivity index is 2.96. The molecule has 0 aromatic heterocycles. The second kappa shape index (κ2) is 4.80. The SMILES string of the molecule is CC(Oc1ccc(Br)cc1C#N)C(N)=O. The first kappa shape index (κ1) is 11.5. The van der Waals surface area contributed by atoms with Gasteiger partial charge < -0.3 is 10.5 Å². The average Bonchev–Trinajstić information content (AvgIpc) is 2.20. The number of halogens is 1. The highest BCUT2D eigenvalue weighted by Gasteiger charge is 2.12. The van der Waals surface area contributed by atoms with Gasteiger partial charge >= 0.3 is 0 Å². The maximum Gasteiger partial charge on any atom is 0.258 e. The number of carbonyl (C=O) groups excluding carboxylic acids is 1. The first-order chi connectivity index (χ1) is 7.04.